The number of carbonyl (C=O) groups is 1. The van der Waals surface area contributed by atoms with Crippen molar-refractivity contribution in [1.29, 1.82) is 0 Å². The van der Waals surface area contributed by atoms with Crippen molar-refractivity contribution in [2.24, 2.45) is 5.92 Å². The molecule has 0 bridgehead atoms. The Balaban J connectivity index is 1.53. The third-order valence-corrected chi connectivity index (χ3v) is 4.55. The van der Waals surface area contributed by atoms with Crippen molar-refractivity contribution >= 4 is 17.5 Å². The molecule has 1 aliphatic heterocycles. The second kappa shape index (κ2) is 7.80. The summed E-state index contributed by atoms with van der Waals surface area (Å²) in [5, 5.41) is 10.2. The largest absolute Gasteiger partial charge is 0.484 e. The van der Waals surface area contributed by atoms with E-state index in [1.807, 2.05) is 12.1 Å². The van der Waals surface area contributed by atoms with Crippen molar-refractivity contribution in [3.8, 4) is 5.75 Å². The maximum Gasteiger partial charge on any atom is 0.260 e. The van der Waals surface area contributed by atoms with E-state index in [9.17, 15) is 14.3 Å². The van der Waals surface area contributed by atoms with Crippen molar-refractivity contribution in [2.45, 2.75) is 12.5 Å². The second-order valence-corrected chi connectivity index (χ2v) is 6.46. The topological polar surface area (TPSA) is 62.7 Å². The van der Waals surface area contributed by atoms with E-state index >= 15 is 0 Å². The van der Waals surface area contributed by atoms with Crippen LogP contribution < -0.4 is 4.74 Å². The fourth-order valence-electron chi connectivity index (χ4n) is 2.88. The highest BCUT2D eigenvalue weighted by atomic mass is 35.5. The number of likely N-dealkylation sites (tertiary alicyclic amines) is 1. The Bertz CT molecular complexity index is 744. The van der Waals surface area contributed by atoms with Gasteiger partial charge in [-0.2, -0.15) is 0 Å². The van der Waals surface area contributed by atoms with E-state index in [1.165, 1.54) is 18.2 Å². The third kappa shape index (κ3) is 4.46. The summed E-state index contributed by atoms with van der Waals surface area (Å²) in [6.07, 6.45) is 3.53. The molecule has 0 unspecified atom stereocenters. The first kappa shape index (κ1) is 17.6. The lowest BCUT2D eigenvalue weighted by Crippen LogP contribution is -2.33. The Morgan fingerprint density at radius 3 is 2.80 bits per heavy atom. The fourth-order valence-corrected chi connectivity index (χ4v) is 3.05. The lowest BCUT2D eigenvalue weighted by Gasteiger charge is -2.16. The molecule has 2 heterocycles. The average Bonchev–Trinajstić information content (AvgIpc) is 2.97. The summed E-state index contributed by atoms with van der Waals surface area (Å²) >= 11 is 5.68. The Morgan fingerprint density at radius 2 is 2.08 bits per heavy atom. The van der Waals surface area contributed by atoms with Crippen molar-refractivity contribution < 1.29 is 19.0 Å². The SMILES string of the molecule is O=C(COc1ccc(F)c(Cl)c1)N1C[C@@H](Cc2ccncc2)[C@@H](O)C1. The summed E-state index contributed by atoms with van der Waals surface area (Å²) < 4.78 is 18.5. The smallest absolute Gasteiger partial charge is 0.260 e. The number of aliphatic hydroxyl groups is 1. The summed E-state index contributed by atoms with van der Waals surface area (Å²) in [5.74, 6) is -0.460. The molecule has 1 aliphatic rings. The molecule has 7 heteroatoms. The first-order valence-corrected chi connectivity index (χ1v) is 8.33. The van der Waals surface area contributed by atoms with Crippen LogP contribution in [0.15, 0.2) is 42.7 Å². The van der Waals surface area contributed by atoms with E-state index < -0.39 is 11.9 Å². The van der Waals surface area contributed by atoms with Gasteiger partial charge in [-0.25, -0.2) is 4.39 Å². The number of benzene rings is 1. The van der Waals surface area contributed by atoms with Crippen LogP contribution in [0.2, 0.25) is 5.02 Å². The molecule has 3 rings (SSSR count). The molecule has 2 aromatic rings. The van der Waals surface area contributed by atoms with Gasteiger partial charge in [-0.05, 0) is 36.2 Å². The van der Waals surface area contributed by atoms with Crippen molar-refractivity contribution in [1.82, 2.24) is 9.88 Å². The zero-order valence-electron chi connectivity index (χ0n) is 13.4. The van der Waals surface area contributed by atoms with Gasteiger partial charge in [-0.3, -0.25) is 9.78 Å². The maximum atomic E-state index is 13.1. The van der Waals surface area contributed by atoms with Crippen LogP contribution in [-0.4, -0.2) is 46.7 Å². The molecule has 1 fully saturated rings. The van der Waals surface area contributed by atoms with Gasteiger partial charge in [-0.15, -0.1) is 0 Å². The molecule has 0 radical (unpaired) electrons. The van der Waals surface area contributed by atoms with Crippen LogP contribution in [0.25, 0.3) is 0 Å². The Hall–Kier alpha value is -2.18. The molecular weight excluding hydrogens is 347 g/mol. The number of β-amino-alcohol motifs (C(OH)–C–C–N with tert-alkyl or cyclic N) is 1. The van der Waals surface area contributed by atoms with Gasteiger partial charge in [0.15, 0.2) is 6.61 Å². The number of amides is 1. The van der Waals surface area contributed by atoms with Crippen LogP contribution in [0.5, 0.6) is 5.75 Å². The molecule has 25 heavy (non-hydrogen) atoms. The molecule has 1 N–H and O–H groups in total. The van der Waals surface area contributed by atoms with Crippen LogP contribution in [0, 0.1) is 11.7 Å². The molecule has 1 saturated heterocycles. The maximum absolute atomic E-state index is 13.1. The summed E-state index contributed by atoms with van der Waals surface area (Å²) in [4.78, 5) is 17.8. The van der Waals surface area contributed by atoms with Crippen molar-refractivity contribution in [2.75, 3.05) is 19.7 Å². The molecule has 1 amide bonds. The Kier molecular flexibility index (Phi) is 5.50. The fraction of sp³-hybridized carbons (Fsp3) is 0.333. The van der Waals surface area contributed by atoms with Crippen molar-refractivity contribution in [3.63, 3.8) is 0 Å². The van der Waals surface area contributed by atoms with Crippen LogP contribution in [0.3, 0.4) is 0 Å². The van der Waals surface area contributed by atoms with Gasteiger partial charge in [0.25, 0.3) is 5.91 Å². The number of pyridine rings is 1. The standard InChI is InChI=1S/C18H18ClFN2O3/c19-15-8-14(1-2-16(15)20)25-11-18(24)22-9-13(17(23)10-22)7-12-3-5-21-6-4-12/h1-6,8,13,17,23H,7,9-11H2/t13-,17+/m1/s1. The zero-order chi connectivity index (χ0) is 17.8. The van der Waals surface area contributed by atoms with Crippen molar-refractivity contribution in [3.05, 3.63) is 59.1 Å². The lowest BCUT2D eigenvalue weighted by molar-refractivity contribution is -0.132. The van der Waals surface area contributed by atoms with E-state index in [0.29, 0.717) is 18.7 Å². The monoisotopic (exact) mass is 364 g/mol. The van der Waals surface area contributed by atoms with Crippen LogP contribution >= 0.6 is 11.6 Å². The number of aliphatic hydroxyl groups excluding tert-OH is 1. The highest BCUT2D eigenvalue weighted by molar-refractivity contribution is 6.30. The number of nitrogens with zero attached hydrogens (tertiary/aromatic N) is 2. The molecular formula is C18H18ClFN2O3. The predicted molar refractivity (Wildman–Crippen MR) is 90.9 cm³/mol. The molecule has 0 spiro atoms. The molecule has 1 aromatic carbocycles. The number of ether oxygens (including phenoxy) is 1. The lowest BCUT2D eigenvalue weighted by atomic mass is 9.97. The quantitative estimate of drug-likeness (QED) is 0.884. The molecule has 0 aliphatic carbocycles. The summed E-state index contributed by atoms with van der Waals surface area (Å²) in [6, 6.07) is 7.73. The van der Waals surface area contributed by atoms with E-state index in [1.54, 1.807) is 17.3 Å². The molecule has 5 nitrogen and oxygen atoms in total. The number of halogens is 2. The first-order valence-electron chi connectivity index (χ1n) is 7.95. The van der Waals surface area contributed by atoms with E-state index in [4.69, 9.17) is 16.3 Å². The van der Waals surface area contributed by atoms with Gasteiger partial charge in [0.1, 0.15) is 11.6 Å². The Labute approximate surface area is 150 Å². The minimum atomic E-state index is -0.572. The van der Waals surface area contributed by atoms with Gasteiger partial charge in [0.2, 0.25) is 0 Å². The highest BCUT2D eigenvalue weighted by Gasteiger charge is 2.34. The van der Waals surface area contributed by atoms with Crippen LogP contribution in [-0.2, 0) is 11.2 Å². The minimum Gasteiger partial charge on any atom is -0.484 e. The van der Waals surface area contributed by atoms with Gasteiger partial charge in [0, 0.05) is 37.5 Å². The molecule has 132 valence electrons. The third-order valence-electron chi connectivity index (χ3n) is 4.26. The number of carbonyl (C=O) groups excluding carboxylic acids is 1. The molecule has 2 atom stereocenters. The van der Waals surface area contributed by atoms with Crippen LogP contribution in [0.4, 0.5) is 4.39 Å². The molecule has 0 saturated carbocycles. The number of hydrogen-bond donors (Lipinski definition) is 1. The first-order chi connectivity index (χ1) is 12.0. The summed E-state index contributed by atoms with van der Waals surface area (Å²) in [6.45, 7) is 0.564. The van der Waals surface area contributed by atoms with E-state index in [0.717, 1.165) is 5.56 Å². The summed E-state index contributed by atoms with van der Waals surface area (Å²) in [5.41, 5.74) is 1.07. The van der Waals surface area contributed by atoms with Gasteiger partial charge in [0.05, 0.1) is 11.1 Å². The normalized spacial score (nSPS) is 19.9. The minimum absolute atomic E-state index is 0.0217. The Morgan fingerprint density at radius 1 is 1.32 bits per heavy atom. The number of hydrogen-bond acceptors (Lipinski definition) is 4. The van der Waals surface area contributed by atoms with Gasteiger partial charge < -0.3 is 14.7 Å². The van der Waals surface area contributed by atoms with E-state index in [2.05, 4.69) is 4.98 Å². The van der Waals surface area contributed by atoms with Crippen LogP contribution in [0.1, 0.15) is 5.56 Å². The van der Waals surface area contributed by atoms with Gasteiger partial charge in [-0.1, -0.05) is 11.6 Å². The number of rotatable bonds is 5. The molecule has 1 aromatic heterocycles. The second-order valence-electron chi connectivity index (χ2n) is 6.05. The average molecular weight is 365 g/mol. The van der Waals surface area contributed by atoms with E-state index in [-0.39, 0.29) is 30.0 Å². The zero-order valence-corrected chi connectivity index (χ0v) is 14.2. The predicted octanol–water partition coefficient (Wildman–Crippen LogP) is 2.31. The van der Waals surface area contributed by atoms with Gasteiger partial charge >= 0.3 is 0 Å². The summed E-state index contributed by atoms with van der Waals surface area (Å²) in [7, 11) is 0. The number of aromatic nitrogens is 1. The highest BCUT2D eigenvalue weighted by Crippen LogP contribution is 2.23.